The molecule has 0 saturated heterocycles. The predicted octanol–water partition coefficient (Wildman–Crippen LogP) is 5.35. The molecule has 0 spiro atoms. The Balaban J connectivity index is 2.40. The van der Waals surface area contributed by atoms with Crippen molar-refractivity contribution in [3.05, 3.63) is 12.7 Å². The fourth-order valence-electron chi connectivity index (χ4n) is 4.80. The molecule has 0 atom stereocenters. The van der Waals surface area contributed by atoms with Crippen molar-refractivity contribution in [2.24, 2.45) is 0 Å². The van der Waals surface area contributed by atoms with E-state index in [-0.39, 0.29) is 11.0 Å². The molecule has 0 aliphatic heterocycles. The van der Waals surface area contributed by atoms with Crippen LogP contribution in [-0.4, -0.2) is 14.3 Å². The molecular weight excluding hydrogens is 264 g/mol. The van der Waals surface area contributed by atoms with Gasteiger partial charge in [0.25, 0.3) is 8.32 Å². The molecule has 20 heavy (non-hydrogen) atoms. The van der Waals surface area contributed by atoms with Gasteiger partial charge in [0.05, 0.1) is 0 Å². The van der Waals surface area contributed by atoms with Crippen molar-refractivity contribution in [2.45, 2.75) is 88.3 Å². The summed E-state index contributed by atoms with van der Waals surface area (Å²) in [7, 11) is -2.14. The predicted molar refractivity (Wildman–Crippen MR) is 86.2 cm³/mol. The molecule has 2 saturated carbocycles. The van der Waals surface area contributed by atoms with Crippen LogP contribution < -0.4 is 0 Å². The summed E-state index contributed by atoms with van der Waals surface area (Å²) in [6.45, 7) is 10.6. The van der Waals surface area contributed by atoms with Crippen molar-refractivity contribution in [3.63, 3.8) is 0 Å². The van der Waals surface area contributed by atoms with Crippen LogP contribution in [0.15, 0.2) is 12.7 Å². The molecule has 0 aromatic heterocycles. The van der Waals surface area contributed by atoms with Crippen LogP contribution in [-0.2, 0) is 9.22 Å². The molecule has 0 N–H and O–H groups in total. The summed E-state index contributed by atoms with van der Waals surface area (Å²) < 4.78 is 6.30. The molecule has 3 heteroatoms. The van der Waals surface area contributed by atoms with E-state index >= 15 is 0 Å². The monoisotopic (exact) mass is 294 g/mol. The zero-order valence-electron chi connectivity index (χ0n) is 13.4. The summed E-state index contributed by atoms with van der Waals surface area (Å²) in [4.78, 5) is 12.1. The Morgan fingerprint density at radius 2 is 1.45 bits per heavy atom. The van der Waals surface area contributed by atoms with Crippen molar-refractivity contribution in [3.8, 4) is 0 Å². The van der Waals surface area contributed by atoms with Crippen molar-refractivity contribution in [1.82, 2.24) is 0 Å². The van der Waals surface area contributed by atoms with E-state index < -0.39 is 8.32 Å². The summed E-state index contributed by atoms with van der Waals surface area (Å²) in [6, 6.07) is 0. The van der Waals surface area contributed by atoms with Crippen LogP contribution in [0.5, 0.6) is 0 Å². The smallest absolute Gasteiger partial charge is 0.316 e. The highest BCUT2D eigenvalue weighted by Gasteiger charge is 2.60. The van der Waals surface area contributed by atoms with E-state index in [9.17, 15) is 4.79 Å². The molecule has 2 aliphatic rings. The lowest BCUT2D eigenvalue weighted by atomic mass is 10.2. The molecule has 0 amide bonds. The van der Waals surface area contributed by atoms with Crippen LogP contribution in [0.4, 0.5) is 0 Å². The third kappa shape index (κ3) is 2.74. The maximum atomic E-state index is 12.1. The van der Waals surface area contributed by atoms with E-state index in [2.05, 4.69) is 27.4 Å². The lowest BCUT2D eigenvalue weighted by molar-refractivity contribution is -0.130. The van der Waals surface area contributed by atoms with Gasteiger partial charge in [-0.25, -0.2) is 4.79 Å². The van der Waals surface area contributed by atoms with Crippen LogP contribution in [0.2, 0.25) is 16.1 Å². The molecule has 0 unspecified atom stereocenters. The van der Waals surface area contributed by atoms with Gasteiger partial charge in [-0.05, 0) is 41.8 Å². The van der Waals surface area contributed by atoms with Gasteiger partial charge in [0.2, 0.25) is 0 Å². The van der Waals surface area contributed by atoms with Gasteiger partial charge >= 0.3 is 5.97 Å². The van der Waals surface area contributed by atoms with Gasteiger partial charge in [-0.1, -0.05) is 53.0 Å². The Hall–Kier alpha value is -0.573. The first-order valence-electron chi connectivity index (χ1n) is 8.27. The highest BCUT2D eigenvalue weighted by Crippen LogP contribution is 2.60. The number of rotatable bonds is 4. The Labute approximate surface area is 125 Å². The van der Waals surface area contributed by atoms with Gasteiger partial charge in [0, 0.05) is 6.08 Å². The van der Waals surface area contributed by atoms with E-state index in [4.69, 9.17) is 4.43 Å². The molecular formula is C17H30O2Si. The molecule has 2 fully saturated rings. The Morgan fingerprint density at radius 3 is 1.75 bits per heavy atom. The summed E-state index contributed by atoms with van der Waals surface area (Å²) in [5.74, 6) is -0.176. The highest BCUT2D eigenvalue weighted by atomic mass is 28.4. The fourth-order valence-corrected chi connectivity index (χ4v) is 11.5. The molecule has 0 heterocycles. The fraction of sp³-hybridized carbons (Fsp3) is 0.824. The first-order valence-corrected chi connectivity index (χ1v) is 10.3. The van der Waals surface area contributed by atoms with E-state index in [1.165, 1.54) is 57.4 Å². The maximum absolute atomic E-state index is 12.1. The minimum atomic E-state index is -2.14. The van der Waals surface area contributed by atoms with E-state index in [1.807, 2.05) is 0 Å². The number of carbonyl (C=O) groups is 1. The summed E-state index contributed by atoms with van der Waals surface area (Å²) in [6.07, 6.45) is 11.7. The minimum absolute atomic E-state index is 0.121. The molecule has 2 aliphatic carbocycles. The van der Waals surface area contributed by atoms with Crippen LogP contribution in [0.25, 0.3) is 0 Å². The standard InChI is InChI=1S/C17H30O2Si/c1-5-16(18)19-20(17(2,3)4,14-10-6-7-11-14)15-12-8-9-13-15/h5,14-15H,1,6-13H2,2-4H3. The molecule has 0 radical (unpaired) electrons. The van der Waals surface area contributed by atoms with Crippen LogP contribution in [0.3, 0.4) is 0 Å². The second kappa shape index (κ2) is 6.04. The van der Waals surface area contributed by atoms with Gasteiger partial charge in [-0.3, -0.25) is 0 Å². The largest absolute Gasteiger partial charge is 0.515 e. The zero-order valence-corrected chi connectivity index (χ0v) is 14.4. The molecule has 0 bridgehead atoms. The van der Waals surface area contributed by atoms with E-state index in [0.717, 1.165) is 0 Å². The van der Waals surface area contributed by atoms with E-state index in [1.54, 1.807) is 0 Å². The van der Waals surface area contributed by atoms with Crippen molar-refractivity contribution < 1.29 is 9.22 Å². The minimum Gasteiger partial charge on any atom is -0.515 e. The lowest BCUT2D eigenvalue weighted by Crippen LogP contribution is -2.55. The number of hydrogen-bond donors (Lipinski definition) is 0. The topological polar surface area (TPSA) is 26.3 Å². The van der Waals surface area contributed by atoms with Crippen molar-refractivity contribution >= 4 is 14.3 Å². The van der Waals surface area contributed by atoms with Crippen LogP contribution in [0, 0.1) is 0 Å². The van der Waals surface area contributed by atoms with Gasteiger partial charge in [0.15, 0.2) is 0 Å². The van der Waals surface area contributed by atoms with Crippen molar-refractivity contribution in [1.29, 1.82) is 0 Å². The quantitative estimate of drug-likeness (QED) is 0.516. The first-order chi connectivity index (χ1) is 9.41. The zero-order chi connectivity index (χ0) is 14.8. The second-order valence-corrected chi connectivity index (χ2v) is 12.6. The van der Waals surface area contributed by atoms with Crippen LogP contribution >= 0.6 is 0 Å². The third-order valence-electron chi connectivity index (χ3n) is 5.53. The maximum Gasteiger partial charge on any atom is 0.316 e. The Morgan fingerprint density at radius 1 is 1.05 bits per heavy atom. The number of carbonyl (C=O) groups excluding carboxylic acids is 1. The second-order valence-electron chi connectivity index (χ2n) is 7.63. The summed E-state index contributed by atoms with van der Waals surface area (Å²) >= 11 is 0. The normalized spacial score (nSPS) is 22.1. The highest BCUT2D eigenvalue weighted by molar-refractivity contribution is 6.80. The molecule has 2 rings (SSSR count). The average Bonchev–Trinajstić information content (AvgIpc) is 3.06. The Bertz CT molecular complexity index is 342. The van der Waals surface area contributed by atoms with Gasteiger partial charge in [-0.2, -0.15) is 0 Å². The van der Waals surface area contributed by atoms with Crippen molar-refractivity contribution in [2.75, 3.05) is 0 Å². The molecule has 0 aromatic carbocycles. The van der Waals surface area contributed by atoms with Gasteiger partial charge in [-0.15, -0.1) is 0 Å². The molecule has 2 nitrogen and oxygen atoms in total. The van der Waals surface area contributed by atoms with Gasteiger partial charge in [0.1, 0.15) is 0 Å². The number of hydrogen-bond acceptors (Lipinski definition) is 2. The summed E-state index contributed by atoms with van der Waals surface area (Å²) in [5, 5.41) is 0.121. The van der Waals surface area contributed by atoms with Gasteiger partial charge < -0.3 is 4.43 Å². The first kappa shape index (κ1) is 15.8. The third-order valence-corrected chi connectivity index (χ3v) is 12.0. The average molecular weight is 295 g/mol. The SMILES string of the molecule is C=CC(=O)O[Si](C1CCCC1)(C1CCCC1)C(C)(C)C. The summed E-state index contributed by atoms with van der Waals surface area (Å²) in [5.41, 5.74) is 1.32. The van der Waals surface area contributed by atoms with Crippen LogP contribution in [0.1, 0.15) is 72.1 Å². The van der Waals surface area contributed by atoms with E-state index in [0.29, 0.717) is 11.1 Å². The molecule has 114 valence electrons. The molecule has 0 aromatic rings. The lowest BCUT2D eigenvalue weighted by Gasteiger charge is -2.49. The Kier molecular flexibility index (Phi) is 4.78.